The molecule has 17 heavy (non-hydrogen) atoms. The molecule has 1 heteroatoms. The van der Waals surface area contributed by atoms with Gasteiger partial charge in [-0.25, -0.2) is 4.39 Å². The molecule has 2 aromatic rings. The summed E-state index contributed by atoms with van der Waals surface area (Å²) >= 11 is 0. The highest BCUT2D eigenvalue weighted by Crippen LogP contribution is 2.31. The number of halogens is 1. The van der Waals surface area contributed by atoms with Crippen molar-refractivity contribution in [2.24, 2.45) is 0 Å². The van der Waals surface area contributed by atoms with E-state index in [1.807, 2.05) is 13.0 Å². The van der Waals surface area contributed by atoms with Crippen molar-refractivity contribution < 1.29 is 4.39 Å². The molecule has 0 bridgehead atoms. The van der Waals surface area contributed by atoms with Crippen LogP contribution in [0.5, 0.6) is 0 Å². The minimum absolute atomic E-state index is 0.176. The van der Waals surface area contributed by atoms with Crippen LogP contribution in [0, 0.1) is 33.5 Å². The molecule has 0 saturated heterocycles. The van der Waals surface area contributed by atoms with Crippen LogP contribution in [-0.2, 0) is 0 Å². The lowest BCUT2D eigenvalue weighted by Crippen LogP contribution is -1.93. The van der Waals surface area contributed by atoms with Gasteiger partial charge in [-0.05, 0) is 67.6 Å². The third-order valence-electron chi connectivity index (χ3n) is 3.15. The molecule has 0 unspecified atom stereocenters. The molecule has 2 rings (SSSR count). The molecule has 0 saturated carbocycles. The Morgan fingerprint density at radius 3 is 1.94 bits per heavy atom. The summed E-state index contributed by atoms with van der Waals surface area (Å²) in [7, 11) is 0. The number of benzene rings is 2. The third-order valence-corrected chi connectivity index (χ3v) is 3.15. The van der Waals surface area contributed by atoms with Crippen molar-refractivity contribution in [2.75, 3.05) is 0 Å². The van der Waals surface area contributed by atoms with E-state index in [0.717, 1.165) is 16.7 Å². The van der Waals surface area contributed by atoms with Gasteiger partial charge in [-0.1, -0.05) is 23.8 Å². The molecule has 2 aromatic carbocycles. The zero-order valence-corrected chi connectivity index (χ0v) is 10.8. The average molecular weight is 228 g/mol. The van der Waals surface area contributed by atoms with E-state index < -0.39 is 0 Å². The summed E-state index contributed by atoms with van der Waals surface area (Å²) in [6, 6.07) is 9.26. The maximum Gasteiger partial charge on any atom is 0.123 e. The zero-order valence-electron chi connectivity index (χ0n) is 10.8. The molecule has 0 aliphatic heterocycles. The Bertz CT molecular complexity index is 545. The summed E-state index contributed by atoms with van der Waals surface area (Å²) < 4.78 is 13.4. The third kappa shape index (κ3) is 2.23. The SMILES string of the molecule is Cc1cc(C)c(-c2cc(F)ccc2C)c(C)c1. The maximum atomic E-state index is 13.4. The van der Waals surface area contributed by atoms with Gasteiger partial charge in [0, 0.05) is 0 Å². The first-order valence-corrected chi connectivity index (χ1v) is 5.83. The predicted octanol–water partition coefficient (Wildman–Crippen LogP) is 4.73. The van der Waals surface area contributed by atoms with E-state index in [0.29, 0.717) is 0 Å². The van der Waals surface area contributed by atoms with Crippen molar-refractivity contribution in [3.63, 3.8) is 0 Å². The predicted molar refractivity (Wildman–Crippen MR) is 70.8 cm³/mol. The van der Waals surface area contributed by atoms with E-state index >= 15 is 0 Å². The molecule has 0 amide bonds. The Labute approximate surface area is 102 Å². The Balaban J connectivity index is 2.72. The smallest absolute Gasteiger partial charge is 0.123 e. The molecular formula is C16H17F. The van der Waals surface area contributed by atoms with Crippen LogP contribution < -0.4 is 0 Å². The summed E-state index contributed by atoms with van der Waals surface area (Å²) in [5.74, 6) is -0.176. The van der Waals surface area contributed by atoms with Crippen LogP contribution in [0.15, 0.2) is 30.3 Å². The topological polar surface area (TPSA) is 0 Å². The summed E-state index contributed by atoms with van der Waals surface area (Å²) in [5, 5.41) is 0. The summed E-state index contributed by atoms with van der Waals surface area (Å²) in [6.45, 7) is 8.27. The molecule has 0 aliphatic carbocycles. The first kappa shape index (κ1) is 11.8. The minimum atomic E-state index is -0.176. The van der Waals surface area contributed by atoms with Gasteiger partial charge in [0.15, 0.2) is 0 Å². The first-order chi connectivity index (χ1) is 7.99. The van der Waals surface area contributed by atoms with Gasteiger partial charge in [-0.15, -0.1) is 0 Å². The largest absolute Gasteiger partial charge is 0.207 e. The van der Waals surface area contributed by atoms with Crippen LogP contribution in [0.3, 0.4) is 0 Å². The van der Waals surface area contributed by atoms with E-state index in [9.17, 15) is 4.39 Å². The fraction of sp³-hybridized carbons (Fsp3) is 0.250. The Kier molecular flexibility index (Phi) is 3.01. The number of hydrogen-bond acceptors (Lipinski definition) is 0. The first-order valence-electron chi connectivity index (χ1n) is 5.83. The van der Waals surface area contributed by atoms with Crippen LogP contribution in [0.25, 0.3) is 11.1 Å². The maximum absolute atomic E-state index is 13.4. The lowest BCUT2D eigenvalue weighted by molar-refractivity contribution is 0.628. The van der Waals surface area contributed by atoms with E-state index in [-0.39, 0.29) is 5.82 Å². The Morgan fingerprint density at radius 2 is 1.35 bits per heavy atom. The van der Waals surface area contributed by atoms with Crippen molar-refractivity contribution in [3.8, 4) is 11.1 Å². The highest BCUT2D eigenvalue weighted by Gasteiger charge is 2.09. The van der Waals surface area contributed by atoms with Crippen molar-refractivity contribution in [1.82, 2.24) is 0 Å². The van der Waals surface area contributed by atoms with Crippen LogP contribution in [0.2, 0.25) is 0 Å². The lowest BCUT2D eigenvalue weighted by atomic mass is 9.91. The fourth-order valence-electron chi connectivity index (χ4n) is 2.47. The molecule has 88 valence electrons. The Morgan fingerprint density at radius 1 is 0.765 bits per heavy atom. The van der Waals surface area contributed by atoms with E-state index in [1.54, 1.807) is 6.07 Å². The summed E-state index contributed by atoms with van der Waals surface area (Å²) in [6.07, 6.45) is 0. The van der Waals surface area contributed by atoms with Gasteiger partial charge in [0.1, 0.15) is 5.82 Å². The van der Waals surface area contributed by atoms with Gasteiger partial charge in [0.25, 0.3) is 0 Å². The van der Waals surface area contributed by atoms with Crippen molar-refractivity contribution in [3.05, 3.63) is 58.4 Å². The Hall–Kier alpha value is -1.63. The molecule has 0 aromatic heterocycles. The second-order valence-corrected chi connectivity index (χ2v) is 4.73. The van der Waals surface area contributed by atoms with Crippen molar-refractivity contribution in [2.45, 2.75) is 27.7 Å². The second kappa shape index (κ2) is 4.33. The quantitative estimate of drug-likeness (QED) is 0.662. The molecule has 0 radical (unpaired) electrons. The molecule has 0 N–H and O–H groups in total. The van der Waals surface area contributed by atoms with Crippen LogP contribution in [-0.4, -0.2) is 0 Å². The van der Waals surface area contributed by atoms with Crippen molar-refractivity contribution in [1.29, 1.82) is 0 Å². The highest BCUT2D eigenvalue weighted by atomic mass is 19.1. The molecule has 0 nitrogen and oxygen atoms in total. The van der Waals surface area contributed by atoms with E-state index in [1.165, 1.54) is 22.8 Å². The van der Waals surface area contributed by atoms with Gasteiger partial charge in [-0.2, -0.15) is 0 Å². The fourth-order valence-corrected chi connectivity index (χ4v) is 2.47. The van der Waals surface area contributed by atoms with Gasteiger partial charge in [0.2, 0.25) is 0 Å². The van der Waals surface area contributed by atoms with Crippen LogP contribution in [0.4, 0.5) is 4.39 Å². The average Bonchev–Trinajstić information content (AvgIpc) is 2.21. The van der Waals surface area contributed by atoms with Gasteiger partial charge in [0.05, 0.1) is 0 Å². The normalized spacial score (nSPS) is 10.6. The van der Waals surface area contributed by atoms with Gasteiger partial charge >= 0.3 is 0 Å². The zero-order chi connectivity index (χ0) is 12.6. The summed E-state index contributed by atoms with van der Waals surface area (Å²) in [5.41, 5.74) is 6.93. The van der Waals surface area contributed by atoms with Crippen LogP contribution in [0.1, 0.15) is 22.3 Å². The standard InChI is InChI=1S/C16H17F/c1-10-7-12(3)16(13(4)8-10)15-9-14(17)6-5-11(15)2/h5-9H,1-4H3. The highest BCUT2D eigenvalue weighted by molar-refractivity contribution is 5.74. The summed E-state index contributed by atoms with van der Waals surface area (Å²) in [4.78, 5) is 0. The van der Waals surface area contributed by atoms with E-state index in [4.69, 9.17) is 0 Å². The van der Waals surface area contributed by atoms with E-state index in [2.05, 4.69) is 32.9 Å². The number of rotatable bonds is 1. The number of hydrogen-bond donors (Lipinski definition) is 0. The molecule has 0 heterocycles. The lowest BCUT2D eigenvalue weighted by Gasteiger charge is -2.14. The second-order valence-electron chi connectivity index (χ2n) is 4.73. The number of aryl methyl sites for hydroxylation is 4. The molecule has 0 aliphatic rings. The van der Waals surface area contributed by atoms with Crippen LogP contribution >= 0.6 is 0 Å². The monoisotopic (exact) mass is 228 g/mol. The molecular weight excluding hydrogens is 211 g/mol. The molecule has 0 fully saturated rings. The minimum Gasteiger partial charge on any atom is -0.207 e. The molecule has 0 spiro atoms. The molecule has 0 atom stereocenters. The van der Waals surface area contributed by atoms with Gasteiger partial charge in [-0.3, -0.25) is 0 Å². The van der Waals surface area contributed by atoms with Gasteiger partial charge < -0.3 is 0 Å². The van der Waals surface area contributed by atoms with Crippen molar-refractivity contribution >= 4 is 0 Å².